The molecule has 0 saturated heterocycles. The highest BCUT2D eigenvalue weighted by molar-refractivity contribution is 5.73. The van der Waals surface area contributed by atoms with Crippen LogP contribution in [0.3, 0.4) is 0 Å². The van der Waals surface area contributed by atoms with Gasteiger partial charge in [-0.05, 0) is 0 Å². The Balaban J connectivity index is 3.24. The van der Waals surface area contributed by atoms with Gasteiger partial charge < -0.3 is 16.8 Å². The maximum Gasteiger partial charge on any atom is 0.218 e. The molecule has 8 heavy (non-hydrogen) atoms. The van der Waals surface area contributed by atoms with Crippen LogP contribution in [0.25, 0.3) is 0 Å². The molecule has 0 bridgehead atoms. The molecular weight excluding hydrogens is 106 g/mol. The minimum absolute atomic E-state index is 0.150. The van der Waals surface area contributed by atoms with Crippen molar-refractivity contribution in [1.82, 2.24) is 5.32 Å². The van der Waals surface area contributed by atoms with E-state index in [0.717, 1.165) is 0 Å². The van der Waals surface area contributed by atoms with Gasteiger partial charge in [-0.25, -0.2) is 0 Å². The zero-order chi connectivity index (χ0) is 6.57. The Hall–Kier alpha value is -0.610. The second kappa shape index (κ2) is 3.40. The first-order valence-electron chi connectivity index (χ1n) is 2.39. The third-order valence-corrected chi connectivity index (χ3v) is 0.643. The molecule has 0 spiro atoms. The van der Waals surface area contributed by atoms with Gasteiger partial charge in [0.05, 0.1) is 6.17 Å². The van der Waals surface area contributed by atoms with Gasteiger partial charge in [0.15, 0.2) is 0 Å². The van der Waals surface area contributed by atoms with Gasteiger partial charge in [-0.15, -0.1) is 0 Å². The Kier molecular flexibility index (Phi) is 3.14. The standard InChI is InChI=1S/C4H11N3O/c1-3(8)7-4(6)2-5/h4H,2,5-6H2,1H3,(H,7,8). The molecule has 4 nitrogen and oxygen atoms in total. The van der Waals surface area contributed by atoms with Crippen molar-refractivity contribution in [2.75, 3.05) is 6.54 Å². The van der Waals surface area contributed by atoms with Crippen molar-refractivity contribution in [3.8, 4) is 0 Å². The summed E-state index contributed by atoms with van der Waals surface area (Å²) < 4.78 is 0. The van der Waals surface area contributed by atoms with Gasteiger partial charge in [0.25, 0.3) is 0 Å². The summed E-state index contributed by atoms with van der Waals surface area (Å²) in [5.41, 5.74) is 10.3. The van der Waals surface area contributed by atoms with Crippen LogP contribution >= 0.6 is 0 Å². The van der Waals surface area contributed by atoms with Crippen LogP contribution in [0.15, 0.2) is 0 Å². The summed E-state index contributed by atoms with van der Waals surface area (Å²) in [6.45, 7) is 1.68. The van der Waals surface area contributed by atoms with Crippen LogP contribution in [0.2, 0.25) is 0 Å². The normalized spacial score (nSPS) is 12.9. The zero-order valence-corrected chi connectivity index (χ0v) is 4.85. The summed E-state index contributed by atoms with van der Waals surface area (Å²) in [4.78, 5) is 10.2. The molecule has 0 rings (SSSR count). The maximum absolute atomic E-state index is 10.2. The summed E-state index contributed by atoms with van der Waals surface area (Å²) in [6, 6.07) is 0. The van der Waals surface area contributed by atoms with E-state index >= 15 is 0 Å². The van der Waals surface area contributed by atoms with E-state index in [4.69, 9.17) is 11.5 Å². The van der Waals surface area contributed by atoms with Crippen LogP contribution in [-0.4, -0.2) is 18.6 Å². The Morgan fingerprint density at radius 3 is 2.50 bits per heavy atom. The van der Waals surface area contributed by atoms with E-state index in [-0.39, 0.29) is 12.5 Å². The van der Waals surface area contributed by atoms with Crippen LogP contribution in [0.1, 0.15) is 6.92 Å². The molecule has 1 amide bonds. The number of amides is 1. The molecule has 0 heterocycles. The molecule has 0 fully saturated rings. The predicted molar refractivity (Wildman–Crippen MR) is 30.8 cm³/mol. The van der Waals surface area contributed by atoms with E-state index in [0.29, 0.717) is 0 Å². The summed E-state index contributed by atoms with van der Waals surface area (Å²) in [5, 5.41) is 2.41. The summed E-state index contributed by atoms with van der Waals surface area (Å²) in [5.74, 6) is -0.150. The number of hydrogen-bond donors (Lipinski definition) is 3. The first-order valence-corrected chi connectivity index (χ1v) is 2.39. The van der Waals surface area contributed by atoms with Gasteiger partial charge in [0.2, 0.25) is 5.91 Å². The van der Waals surface area contributed by atoms with Crippen LogP contribution < -0.4 is 16.8 Å². The summed E-state index contributed by atoms with van der Waals surface area (Å²) in [7, 11) is 0. The molecule has 0 aliphatic carbocycles. The van der Waals surface area contributed by atoms with Crippen LogP contribution in [-0.2, 0) is 4.79 Å². The van der Waals surface area contributed by atoms with Crippen molar-refractivity contribution in [1.29, 1.82) is 0 Å². The van der Waals surface area contributed by atoms with E-state index in [2.05, 4.69) is 5.32 Å². The molecule has 0 aliphatic rings. The van der Waals surface area contributed by atoms with Crippen molar-refractivity contribution in [3.63, 3.8) is 0 Å². The lowest BCUT2D eigenvalue weighted by atomic mass is 10.5. The van der Waals surface area contributed by atoms with Gasteiger partial charge in [0, 0.05) is 13.5 Å². The second-order valence-electron chi connectivity index (χ2n) is 1.54. The van der Waals surface area contributed by atoms with E-state index < -0.39 is 6.17 Å². The highest BCUT2D eigenvalue weighted by atomic mass is 16.1. The summed E-state index contributed by atoms with van der Waals surface area (Å²) >= 11 is 0. The lowest BCUT2D eigenvalue weighted by molar-refractivity contribution is -0.119. The average Bonchev–Trinajstić information content (AvgIpc) is 1.65. The fourth-order valence-electron chi connectivity index (χ4n) is 0.320. The van der Waals surface area contributed by atoms with Gasteiger partial charge in [-0.2, -0.15) is 0 Å². The quantitative estimate of drug-likeness (QED) is 0.380. The van der Waals surface area contributed by atoms with Gasteiger partial charge in [-0.3, -0.25) is 4.79 Å². The minimum Gasteiger partial charge on any atom is -0.340 e. The number of carbonyl (C=O) groups excluding carboxylic acids is 1. The second-order valence-corrected chi connectivity index (χ2v) is 1.54. The predicted octanol–water partition coefficient (Wildman–Crippen LogP) is -1.63. The van der Waals surface area contributed by atoms with Crippen LogP contribution in [0, 0.1) is 0 Å². The molecule has 4 heteroatoms. The molecule has 0 saturated carbocycles. The smallest absolute Gasteiger partial charge is 0.218 e. The molecule has 0 aromatic carbocycles. The fraction of sp³-hybridized carbons (Fsp3) is 0.750. The van der Waals surface area contributed by atoms with Crippen molar-refractivity contribution in [2.45, 2.75) is 13.1 Å². The monoisotopic (exact) mass is 117 g/mol. The molecule has 1 unspecified atom stereocenters. The van der Waals surface area contributed by atoms with Gasteiger partial charge >= 0.3 is 0 Å². The maximum atomic E-state index is 10.2. The first kappa shape index (κ1) is 7.39. The van der Waals surface area contributed by atoms with Crippen LogP contribution in [0.5, 0.6) is 0 Å². The van der Waals surface area contributed by atoms with Crippen LogP contribution in [0.4, 0.5) is 0 Å². The minimum atomic E-state index is -0.396. The van der Waals surface area contributed by atoms with Crippen molar-refractivity contribution in [2.24, 2.45) is 11.5 Å². The SMILES string of the molecule is CC(=O)NC(N)CN. The molecule has 0 radical (unpaired) electrons. The lowest BCUT2D eigenvalue weighted by Crippen LogP contribution is -2.45. The Morgan fingerprint density at radius 1 is 1.88 bits per heavy atom. The molecule has 48 valence electrons. The van der Waals surface area contributed by atoms with Crippen molar-refractivity contribution < 1.29 is 4.79 Å². The Labute approximate surface area is 48.2 Å². The fourth-order valence-corrected chi connectivity index (χ4v) is 0.320. The largest absolute Gasteiger partial charge is 0.340 e. The number of nitrogens with two attached hydrogens (primary N) is 2. The van der Waals surface area contributed by atoms with Gasteiger partial charge in [0.1, 0.15) is 0 Å². The molecule has 5 N–H and O–H groups in total. The lowest BCUT2D eigenvalue weighted by Gasteiger charge is -2.07. The Morgan fingerprint density at radius 2 is 2.38 bits per heavy atom. The van der Waals surface area contributed by atoms with E-state index in [9.17, 15) is 4.79 Å². The molecular formula is C4H11N3O. The van der Waals surface area contributed by atoms with E-state index in [1.54, 1.807) is 0 Å². The van der Waals surface area contributed by atoms with Gasteiger partial charge in [-0.1, -0.05) is 0 Å². The topological polar surface area (TPSA) is 81.1 Å². The van der Waals surface area contributed by atoms with E-state index in [1.807, 2.05) is 0 Å². The van der Waals surface area contributed by atoms with E-state index in [1.165, 1.54) is 6.92 Å². The number of carbonyl (C=O) groups is 1. The highest BCUT2D eigenvalue weighted by Gasteiger charge is 1.97. The number of nitrogens with one attached hydrogen (secondary N) is 1. The number of rotatable bonds is 2. The van der Waals surface area contributed by atoms with Crippen molar-refractivity contribution >= 4 is 5.91 Å². The average molecular weight is 117 g/mol. The Bertz CT molecular complexity index is 83.4. The summed E-state index contributed by atoms with van der Waals surface area (Å²) in [6.07, 6.45) is -0.396. The zero-order valence-electron chi connectivity index (χ0n) is 4.85. The molecule has 0 aliphatic heterocycles. The third-order valence-electron chi connectivity index (χ3n) is 0.643. The highest BCUT2D eigenvalue weighted by Crippen LogP contribution is 1.63. The molecule has 0 aromatic rings. The molecule has 1 atom stereocenters. The molecule has 0 aromatic heterocycles. The third kappa shape index (κ3) is 3.58. The number of hydrogen-bond acceptors (Lipinski definition) is 3. The van der Waals surface area contributed by atoms with Crippen molar-refractivity contribution in [3.05, 3.63) is 0 Å². The first-order chi connectivity index (χ1) is 3.66.